The van der Waals surface area contributed by atoms with Gasteiger partial charge in [-0.2, -0.15) is 0 Å². The molecule has 1 heterocycles. The van der Waals surface area contributed by atoms with Crippen LogP contribution in [0, 0.1) is 0 Å². The predicted octanol–water partition coefficient (Wildman–Crippen LogP) is 2.24. The molecule has 0 saturated heterocycles. The second-order valence-electron chi connectivity index (χ2n) is 2.02. The summed E-state index contributed by atoms with van der Waals surface area (Å²) < 4.78 is 4.86. The molecular formula is C8H11Cl2NO2. The van der Waals surface area contributed by atoms with Crippen molar-refractivity contribution in [1.29, 1.82) is 0 Å². The van der Waals surface area contributed by atoms with E-state index in [-0.39, 0.29) is 30.8 Å². The van der Waals surface area contributed by atoms with Gasteiger partial charge in [-0.05, 0) is 12.1 Å². The summed E-state index contributed by atoms with van der Waals surface area (Å²) in [4.78, 5) is 14.5. The molecule has 0 saturated carbocycles. The number of rotatable bonds is 2. The molecule has 0 radical (unpaired) electrons. The van der Waals surface area contributed by atoms with E-state index in [9.17, 15) is 4.79 Å². The third-order valence-electron chi connectivity index (χ3n) is 1.15. The molecule has 0 aliphatic rings. The second-order valence-corrected chi connectivity index (χ2v) is 2.02. The Hall–Kier alpha value is -0.800. The maximum absolute atomic E-state index is 10.7. The Morgan fingerprint density at radius 2 is 2.23 bits per heavy atom. The Balaban J connectivity index is 0. The van der Waals surface area contributed by atoms with Crippen molar-refractivity contribution in [3.8, 4) is 5.75 Å². The van der Waals surface area contributed by atoms with Crippen molar-refractivity contribution in [2.45, 2.75) is 13.3 Å². The molecule has 0 aromatic carbocycles. The molecule has 0 bridgehead atoms. The van der Waals surface area contributed by atoms with E-state index in [0.717, 1.165) is 0 Å². The van der Waals surface area contributed by atoms with E-state index in [4.69, 9.17) is 4.74 Å². The molecular weight excluding hydrogens is 213 g/mol. The van der Waals surface area contributed by atoms with Crippen LogP contribution in [0.5, 0.6) is 5.75 Å². The summed E-state index contributed by atoms with van der Waals surface area (Å²) in [6, 6.07) is 3.42. The van der Waals surface area contributed by atoms with Gasteiger partial charge in [-0.15, -0.1) is 24.8 Å². The zero-order valence-electron chi connectivity index (χ0n) is 7.10. The van der Waals surface area contributed by atoms with Crippen LogP contribution in [0.4, 0.5) is 0 Å². The number of nitrogens with zero attached hydrogens (tertiary/aromatic N) is 1. The lowest BCUT2D eigenvalue weighted by Crippen LogP contribution is -2.05. The Kier molecular flexibility index (Phi) is 8.86. The highest BCUT2D eigenvalue weighted by atomic mass is 35.5. The van der Waals surface area contributed by atoms with E-state index in [1.165, 1.54) is 6.20 Å². The molecule has 0 aliphatic carbocycles. The Morgan fingerprint density at radius 3 is 2.69 bits per heavy atom. The highest BCUT2D eigenvalue weighted by Crippen LogP contribution is 2.06. The molecule has 74 valence electrons. The number of hydrogen-bond acceptors (Lipinski definition) is 3. The molecule has 0 aliphatic heterocycles. The molecule has 0 amide bonds. The molecule has 13 heavy (non-hydrogen) atoms. The van der Waals surface area contributed by atoms with Gasteiger partial charge < -0.3 is 4.74 Å². The smallest absolute Gasteiger partial charge is 0.310 e. The third-order valence-corrected chi connectivity index (χ3v) is 1.15. The van der Waals surface area contributed by atoms with Crippen molar-refractivity contribution < 1.29 is 9.53 Å². The van der Waals surface area contributed by atoms with Crippen molar-refractivity contribution in [2.24, 2.45) is 0 Å². The standard InChI is InChI=1S/C8H9NO2.2ClH/c1-2-8(10)11-7-4-3-5-9-6-7;;/h3-6H,2H2,1H3;2*1H. The first-order valence-corrected chi connectivity index (χ1v) is 3.43. The fraction of sp³-hybridized carbons (Fsp3) is 0.250. The summed E-state index contributed by atoms with van der Waals surface area (Å²) >= 11 is 0. The normalized spacial score (nSPS) is 7.77. The number of ether oxygens (including phenoxy) is 1. The number of carbonyl (C=O) groups excluding carboxylic acids is 1. The quantitative estimate of drug-likeness (QED) is 0.723. The van der Waals surface area contributed by atoms with Gasteiger partial charge in [0.05, 0.1) is 6.20 Å². The van der Waals surface area contributed by atoms with Gasteiger partial charge in [0.15, 0.2) is 0 Å². The maximum Gasteiger partial charge on any atom is 0.310 e. The molecule has 0 fully saturated rings. The lowest BCUT2D eigenvalue weighted by atomic mass is 10.4. The maximum atomic E-state index is 10.7. The average Bonchev–Trinajstić information content (AvgIpc) is 2.06. The lowest BCUT2D eigenvalue weighted by Gasteiger charge is -1.99. The largest absolute Gasteiger partial charge is 0.425 e. The van der Waals surface area contributed by atoms with Crippen LogP contribution in [-0.2, 0) is 4.79 Å². The summed E-state index contributed by atoms with van der Waals surface area (Å²) in [6.45, 7) is 1.75. The topological polar surface area (TPSA) is 39.2 Å². The zero-order chi connectivity index (χ0) is 8.10. The number of halogens is 2. The van der Waals surface area contributed by atoms with Gasteiger partial charge >= 0.3 is 5.97 Å². The second kappa shape index (κ2) is 7.83. The van der Waals surface area contributed by atoms with Crippen molar-refractivity contribution in [3.63, 3.8) is 0 Å². The Bertz CT molecular complexity index is 241. The van der Waals surface area contributed by atoms with Crippen LogP contribution in [0.3, 0.4) is 0 Å². The zero-order valence-corrected chi connectivity index (χ0v) is 8.73. The fourth-order valence-corrected chi connectivity index (χ4v) is 0.611. The summed E-state index contributed by atoms with van der Waals surface area (Å²) in [5.41, 5.74) is 0. The number of pyridine rings is 1. The highest BCUT2D eigenvalue weighted by Gasteiger charge is 1.98. The molecule has 0 unspecified atom stereocenters. The van der Waals surface area contributed by atoms with Gasteiger partial charge in [0.2, 0.25) is 0 Å². The molecule has 1 aromatic heterocycles. The average molecular weight is 224 g/mol. The number of esters is 1. The van der Waals surface area contributed by atoms with Gasteiger partial charge in [-0.25, -0.2) is 0 Å². The van der Waals surface area contributed by atoms with Crippen molar-refractivity contribution >= 4 is 30.8 Å². The van der Waals surface area contributed by atoms with Gasteiger partial charge in [0, 0.05) is 12.6 Å². The predicted molar refractivity (Wildman–Crippen MR) is 54.7 cm³/mol. The minimum atomic E-state index is -0.238. The summed E-state index contributed by atoms with van der Waals surface area (Å²) in [7, 11) is 0. The van der Waals surface area contributed by atoms with Gasteiger partial charge in [0.1, 0.15) is 5.75 Å². The van der Waals surface area contributed by atoms with Crippen molar-refractivity contribution in [2.75, 3.05) is 0 Å². The molecule has 1 rings (SSSR count). The third kappa shape index (κ3) is 5.44. The van der Waals surface area contributed by atoms with Crippen molar-refractivity contribution in [3.05, 3.63) is 24.5 Å². The SMILES string of the molecule is CCC(=O)Oc1cccnc1.Cl.Cl. The van der Waals surface area contributed by atoms with Crippen LogP contribution in [0.1, 0.15) is 13.3 Å². The van der Waals surface area contributed by atoms with E-state index < -0.39 is 0 Å². The molecule has 3 nitrogen and oxygen atoms in total. The van der Waals surface area contributed by atoms with Crippen LogP contribution in [0.2, 0.25) is 0 Å². The van der Waals surface area contributed by atoms with Crippen LogP contribution in [0.25, 0.3) is 0 Å². The minimum Gasteiger partial charge on any atom is -0.425 e. The monoisotopic (exact) mass is 223 g/mol. The summed E-state index contributed by atoms with van der Waals surface area (Å²) in [5, 5.41) is 0. The minimum absolute atomic E-state index is 0. The summed E-state index contributed by atoms with van der Waals surface area (Å²) in [6.07, 6.45) is 3.52. The number of hydrogen-bond donors (Lipinski definition) is 0. The fourth-order valence-electron chi connectivity index (χ4n) is 0.611. The number of carbonyl (C=O) groups is 1. The van der Waals surface area contributed by atoms with Crippen LogP contribution in [0.15, 0.2) is 24.5 Å². The Morgan fingerprint density at radius 1 is 1.54 bits per heavy atom. The van der Waals surface area contributed by atoms with Crippen molar-refractivity contribution in [1.82, 2.24) is 4.98 Å². The van der Waals surface area contributed by atoms with E-state index >= 15 is 0 Å². The summed E-state index contributed by atoms with van der Waals surface area (Å²) in [5.74, 6) is 0.261. The van der Waals surface area contributed by atoms with E-state index in [0.29, 0.717) is 12.2 Å². The first kappa shape index (κ1) is 14.7. The lowest BCUT2D eigenvalue weighted by molar-refractivity contribution is -0.134. The van der Waals surface area contributed by atoms with E-state index in [1.54, 1.807) is 25.3 Å². The van der Waals surface area contributed by atoms with Gasteiger partial charge in [-0.1, -0.05) is 6.92 Å². The van der Waals surface area contributed by atoms with Crippen LogP contribution >= 0.6 is 24.8 Å². The first-order chi connectivity index (χ1) is 5.33. The first-order valence-electron chi connectivity index (χ1n) is 3.43. The number of aromatic nitrogens is 1. The van der Waals surface area contributed by atoms with Crippen LogP contribution in [-0.4, -0.2) is 11.0 Å². The van der Waals surface area contributed by atoms with E-state index in [2.05, 4.69) is 4.98 Å². The molecule has 0 spiro atoms. The van der Waals surface area contributed by atoms with E-state index in [1.807, 2.05) is 0 Å². The molecule has 0 atom stereocenters. The van der Waals surface area contributed by atoms with Gasteiger partial charge in [0.25, 0.3) is 0 Å². The highest BCUT2D eigenvalue weighted by molar-refractivity contribution is 5.85. The molecule has 0 N–H and O–H groups in total. The molecule has 1 aromatic rings. The van der Waals surface area contributed by atoms with Crippen LogP contribution < -0.4 is 4.74 Å². The van der Waals surface area contributed by atoms with Gasteiger partial charge in [-0.3, -0.25) is 9.78 Å². The Labute approximate surface area is 89.3 Å². The molecule has 5 heteroatoms.